The van der Waals surface area contributed by atoms with Crippen molar-refractivity contribution < 1.29 is 28.7 Å². The molecule has 7 saturated heterocycles. The lowest BCUT2D eigenvalue weighted by atomic mass is 9.84. The lowest BCUT2D eigenvalue weighted by molar-refractivity contribution is -0.138. The quantitative estimate of drug-likeness (QED) is 0.0268. The summed E-state index contributed by atoms with van der Waals surface area (Å²) in [6.45, 7) is 32.5. The Morgan fingerprint density at radius 2 is 0.772 bits per heavy atom. The van der Waals surface area contributed by atoms with E-state index in [0.717, 1.165) is 181 Å². The van der Waals surface area contributed by atoms with Crippen molar-refractivity contribution in [3.63, 3.8) is 0 Å². The normalized spacial score (nSPS) is 17.9. The average Bonchev–Trinajstić information content (AvgIpc) is 1.72. The van der Waals surface area contributed by atoms with Gasteiger partial charge in [0.05, 0.1) is 43.0 Å². The molecule has 16 heterocycles. The van der Waals surface area contributed by atoms with Crippen molar-refractivity contribution in [2.75, 3.05) is 126 Å². The highest BCUT2D eigenvalue weighted by Gasteiger charge is 2.40. The summed E-state index contributed by atoms with van der Waals surface area (Å²) >= 11 is 25.2. The number of halogens is 5. The third-order valence-corrected chi connectivity index (χ3v) is 31.3. The third kappa shape index (κ3) is 26.9. The fraction of sp³-hybridized carbons (Fsp3) is 0.455. The van der Waals surface area contributed by atoms with E-state index in [0.29, 0.717) is 170 Å². The first kappa shape index (κ1) is 107. The van der Waals surface area contributed by atoms with Crippen molar-refractivity contribution in [1.29, 1.82) is 0 Å². The Kier molecular flexibility index (Phi) is 34.9. The number of aliphatic hydroxyl groups is 1. The molecule has 7 fully saturated rings. The van der Waals surface area contributed by atoms with Crippen molar-refractivity contribution in [1.82, 2.24) is 120 Å². The molecule has 0 radical (unpaired) electrons. The van der Waals surface area contributed by atoms with Crippen LogP contribution in [0.2, 0.25) is 20.1 Å². The Bertz CT molecular complexity index is 6890. The van der Waals surface area contributed by atoms with Gasteiger partial charge < -0.3 is 61.2 Å². The summed E-state index contributed by atoms with van der Waals surface area (Å²) in [5.41, 5.74) is 21.8. The number of likely N-dealkylation sites (tertiary alicyclic amines) is 7. The fourth-order valence-electron chi connectivity index (χ4n) is 21.8. The zero-order valence-electron chi connectivity index (χ0n) is 87.4. The second kappa shape index (κ2) is 48.4. The molecular weight excluding hydrogens is 1970 g/mol. The molecule has 0 bridgehead atoms. The Morgan fingerprint density at radius 3 is 1.16 bits per heavy atom. The molecule has 0 unspecified atom stereocenters. The van der Waals surface area contributed by atoms with Crippen molar-refractivity contribution >= 4 is 128 Å². The van der Waals surface area contributed by atoms with Crippen LogP contribution < -0.4 is 26.6 Å². The Hall–Kier alpha value is -12.9. The van der Waals surface area contributed by atoms with Gasteiger partial charge in [-0.05, 0) is 326 Å². The topological polar surface area (TPSA) is 405 Å². The number of amides is 4. The highest BCUT2D eigenvalue weighted by molar-refractivity contribution is 6.34. The van der Waals surface area contributed by atoms with Gasteiger partial charge in [0.1, 0.15) is 49.1 Å². The van der Waals surface area contributed by atoms with E-state index in [1.54, 1.807) is 36.9 Å². The number of nitrogens with one attached hydrogen (secondary N) is 10. The number of nitrogens with zero attached hydrogens (tertiary/aromatic N) is 19. The molecule has 0 spiro atoms. The molecule has 786 valence electrons. The molecule has 7 aliphatic rings. The van der Waals surface area contributed by atoms with E-state index < -0.39 is 6.10 Å². The van der Waals surface area contributed by atoms with Crippen molar-refractivity contribution in [2.45, 2.75) is 221 Å². The maximum atomic E-state index is 15.2. The van der Waals surface area contributed by atoms with Crippen LogP contribution in [0.5, 0.6) is 0 Å². The zero-order chi connectivity index (χ0) is 105. The number of aliphatic hydroxyl groups excluding tert-OH is 1. The summed E-state index contributed by atoms with van der Waals surface area (Å²) in [6, 6.07) is 28.1. The molecule has 20 rings (SSSR count). The van der Waals surface area contributed by atoms with E-state index in [9.17, 15) is 24.3 Å². The number of aromatic nitrogens is 17. The Balaban J connectivity index is 0.000000135. The minimum atomic E-state index is -0.405. The lowest BCUT2D eigenvalue weighted by Gasteiger charge is -2.37. The zero-order valence-corrected chi connectivity index (χ0v) is 90.4. The molecule has 39 heteroatoms. The van der Waals surface area contributed by atoms with Gasteiger partial charge in [0.25, 0.3) is 5.91 Å². The van der Waals surface area contributed by atoms with E-state index in [4.69, 9.17) is 46.4 Å². The number of likely N-dealkylation sites (N-methyl/N-ethyl adjacent to an activating group) is 2. The average molecular weight is 2110 g/mol. The summed E-state index contributed by atoms with van der Waals surface area (Å²) < 4.78 is 15.2. The van der Waals surface area contributed by atoms with Crippen LogP contribution in [-0.2, 0) is 33.6 Å². The van der Waals surface area contributed by atoms with Crippen molar-refractivity contribution in [3.05, 3.63) is 266 Å². The predicted molar refractivity (Wildman–Crippen MR) is 582 cm³/mol. The molecule has 0 aliphatic carbocycles. The molecule has 11 N–H and O–H groups in total. The molecular formula is C110H136Cl4FN29O5. The number of H-pyrrole nitrogens is 5. The maximum Gasteiger partial charge on any atom is 0.270 e. The number of aromatic amines is 5. The van der Waals surface area contributed by atoms with Gasteiger partial charge in [-0.15, -0.1) is 0 Å². The van der Waals surface area contributed by atoms with Crippen LogP contribution in [0, 0.1) is 87.9 Å². The molecule has 149 heavy (non-hydrogen) atoms. The van der Waals surface area contributed by atoms with Crippen molar-refractivity contribution in [3.8, 4) is 0 Å². The SMILES string of the molecule is Cc1cc(Nc2nc(Cc3cc(C)c(C4CCN(C(=O)[C@@H]5CCCN5C)CC4)cc3C)ncc2Cl)n[nH]1.Cc1cc(Nc2nc(Cc3cc(C)c(C4CCN(C(=O)[C@H]5C[C@@H](O)CN5C)CC4)cc3C)ncc2Cl)n[nH]1.Cc1cc(Nc2nc(Cc3cc(C)c(C4CCN(C(=O)c5ccc[nH]5)CC4)cc3F)ncc2Cl)n[nH]1.Cc1cc(Nc2nc(Nc3cc(C)c(C4CCN(C(=O)C5CCN(C)CC5)CC4)cc3C)ncc2Cl)n[nH]1. The van der Waals surface area contributed by atoms with Crippen LogP contribution in [0.1, 0.15) is 236 Å². The van der Waals surface area contributed by atoms with Crippen LogP contribution in [0.3, 0.4) is 0 Å². The van der Waals surface area contributed by atoms with Crippen LogP contribution in [0.4, 0.5) is 62.6 Å². The van der Waals surface area contributed by atoms with Gasteiger partial charge in [-0.2, -0.15) is 25.4 Å². The van der Waals surface area contributed by atoms with Gasteiger partial charge in [0.2, 0.25) is 23.7 Å². The summed E-state index contributed by atoms with van der Waals surface area (Å²) in [5, 5.41) is 55.8. The van der Waals surface area contributed by atoms with Crippen LogP contribution >= 0.6 is 46.4 Å². The predicted octanol–water partition coefficient (Wildman–Crippen LogP) is 19.4. The van der Waals surface area contributed by atoms with Gasteiger partial charge in [0.15, 0.2) is 46.5 Å². The number of anilines is 10. The van der Waals surface area contributed by atoms with E-state index in [2.05, 4.69) is 224 Å². The van der Waals surface area contributed by atoms with E-state index in [-0.39, 0.29) is 48.0 Å². The summed E-state index contributed by atoms with van der Waals surface area (Å²) in [7, 11) is 6.13. The molecule has 7 aliphatic heterocycles. The highest BCUT2D eigenvalue weighted by atomic mass is 35.5. The van der Waals surface area contributed by atoms with E-state index in [1.807, 2.05) is 92.8 Å². The first-order chi connectivity index (χ1) is 71.6. The van der Waals surface area contributed by atoms with Gasteiger partial charge >= 0.3 is 0 Å². The second-order valence-electron chi connectivity index (χ2n) is 41.3. The number of carbonyl (C=O) groups excluding carboxylic acids is 4. The molecule has 3 atom stereocenters. The first-order valence-electron chi connectivity index (χ1n) is 51.8. The smallest absolute Gasteiger partial charge is 0.270 e. The highest BCUT2D eigenvalue weighted by Crippen LogP contribution is 2.42. The minimum Gasteiger partial charge on any atom is -0.392 e. The number of hydrogen-bond acceptors (Lipinski definition) is 25. The van der Waals surface area contributed by atoms with Crippen LogP contribution in [0.15, 0.2) is 116 Å². The van der Waals surface area contributed by atoms with E-state index in [1.165, 1.54) is 61.8 Å². The van der Waals surface area contributed by atoms with Gasteiger partial charge in [-0.1, -0.05) is 82.8 Å². The number of piperidine rings is 5. The maximum absolute atomic E-state index is 15.2. The molecule has 34 nitrogen and oxygen atoms in total. The fourth-order valence-corrected chi connectivity index (χ4v) is 22.3. The lowest BCUT2D eigenvalue weighted by Crippen LogP contribution is -2.47. The summed E-state index contributed by atoms with van der Waals surface area (Å²) in [4.78, 5) is 105. The summed E-state index contributed by atoms with van der Waals surface area (Å²) in [6.07, 6.45) is 21.3. The first-order valence-corrected chi connectivity index (χ1v) is 53.3. The summed E-state index contributed by atoms with van der Waals surface area (Å²) in [5.74, 6) is 9.22. The van der Waals surface area contributed by atoms with E-state index >= 15 is 4.39 Å². The number of benzene rings is 4. The molecule has 4 aromatic carbocycles. The molecule has 0 saturated carbocycles. The molecule has 9 aromatic heterocycles. The number of β-amino-alcohol motifs (C(OH)–C–C–N with tert-alkyl or cyclic N) is 1. The molecule has 13 aromatic rings. The van der Waals surface area contributed by atoms with Gasteiger partial charge in [-0.25, -0.2) is 39.3 Å². The van der Waals surface area contributed by atoms with Crippen molar-refractivity contribution in [2.24, 2.45) is 5.92 Å². The molecule has 4 amide bonds. The number of aryl methyl sites for hydroxylation is 11. The monoisotopic (exact) mass is 2100 g/mol. The second-order valence-corrected chi connectivity index (χ2v) is 43.0. The Labute approximate surface area is 889 Å². The Morgan fingerprint density at radius 1 is 0.396 bits per heavy atom. The minimum absolute atomic E-state index is 0.0101. The number of rotatable bonds is 24. The van der Waals surface area contributed by atoms with Gasteiger partial charge in [-0.3, -0.25) is 49.4 Å². The van der Waals surface area contributed by atoms with Gasteiger partial charge in [0, 0.05) is 143 Å². The largest absolute Gasteiger partial charge is 0.392 e. The standard InChI is InChI=1S/C28H37ClN8O.C28H36ClN7O2.C28H36ClN7O.C26H27ClFN7O/c1-17-14-24(31-28-30-16-23(29)26(33-28)32-25-15-19(3)34-35-25)18(2)13-22(17)20-7-11-37(12-8-20)27(38)21-5-9-36(4)10-6-21;1-16-10-22(19-5-7-36(8-6-19)28(38)24-13-21(37)15-35(24)4)17(2)9-20(16)12-25-30-14-23(29)27(31-25)32-26-11-18(3)33-34-26;1-17-13-22(20-7-10-36(11-8-20)28(37)24-6-5-9-35(24)4)18(2)12-21(17)15-25-30-16-23(29)27(31-25)32-26-14-19(3)33-34-26;1-15-10-18(12-23-30-14-20(27)25(31-23)32-24-11-16(2)33-34-24)21(28)13-19(15)17-5-8-35(9-6-17)26(36)22-4-3-7-29-22/h13-16,20-21H,5-12H2,1-4H3,(H3,30,31,32,33,34,35);9-11,14,19,21,24,37H,5-8,12-13,15H2,1-4H3,(H2,30,31,32,33,34);12-14,16,20,24H,5-11,15H2,1-4H3,(H2,30,31,32,33,34);3-4,7,10-11,13-14,17,29H,5-6,8-9,12H2,1-2H3,(H2,30,31,32,33,34)/t;21-,24-;24-;/m.10./s1. The number of hydrogen-bond donors (Lipinski definition) is 11. The number of carbonyl (C=O) groups is 4. The third-order valence-electron chi connectivity index (χ3n) is 30.2. The van der Waals surface area contributed by atoms with Crippen LogP contribution in [-0.4, -0.2) is 267 Å². The van der Waals surface area contributed by atoms with Crippen LogP contribution in [0.25, 0.3) is 0 Å².